The van der Waals surface area contributed by atoms with E-state index in [1.165, 1.54) is 0 Å². The molecular formula is C6H11FO3. The maximum atomic E-state index is 12.5. The summed E-state index contributed by atoms with van der Waals surface area (Å²) in [5.41, 5.74) is 0. The van der Waals surface area contributed by atoms with Gasteiger partial charge in [0.25, 0.3) is 0 Å². The minimum atomic E-state index is -1.44. The predicted octanol–water partition coefficient (Wildman–Crippen LogP) is -0.330. The summed E-state index contributed by atoms with van der Waals surface area (Å²) in [6.07, 6.45) is -3.06. The summed E-state index contributed by atoms with van der Waals surface area (Å²) in [6.45, 7) is 1.22. The third-order valence-electron chi connectivity index (χ3n) is 1.82. The van der Waals surface area contributed by atoms with Crippen molar-refractivity contribution in [2.75, 3.05) is 6.61 Å². The van der Waals surface area contributed by atoms with E-state index in [0.717, 1.165) is 0 Å². The molecule has 1 heterocycles. The Bertz CT molecular complexity index is 120. The van der Waals surface area contributed by atoms with Gasteiger partial charge in [0.2, 0.25) is 6.36 Å². The van der Waals surface area contributed by atoms with Gasteiger partial charge in [-0.15, -0.1) is 0 Å². The number of halogens is 1. The summed E-state index contributed by atoms with van der Waals surface area (Å²) < 4.78 is 17.1. The van der Waals surface area contributed by atoms with Gasteiger partial charge in [-0.05, 0) is 0 Å². The van der Waals surface area contributed by atoms with Gasteiger partial charge in [-0.2, -0.15) is 0 Å². The Balaban J connectivity index is 2.53. The normalized spacial score (nSPS) is 48.0. The predicted molar refractivity (Wildman–Crippen MR) is 32.0 cm³/mol. The molecule has 0 aliphatic carbocycles. The number of aliphatic hydroxyl groups is 2. The zero-order valence-electron chi connectivity index (χ0n) is 5.70. The van der Waals surface area contributed by atoms with Gasteiger partial charge in [0.05, 0.1) is 12.7 Å². The number of hydrogen-bond donors (Lipinski definition) is 2. The first-order valence-corrected chi connectivity index (χ1v) is 3.25. The fourth-order valence-corrected chi connectivity index (χ4v) is 1.02. The summed E-state index contributed by atoms with van der Waals surface area (Å²) in [4.78, 5) is 0. The Labute approximate surface area is 58.4 Å². The van der Waals surface area contributed by atoms with Crippen molar-refractivity contribution < 1.29 is 19.3 Å². The molecular weight excluding hydrogens is 139 g/mol. The van der Waals surface area contributed by atoms with E-state index >= 15 is 0 Å². The molecule has 2 N–H and O–H groups in total. The lowest BCUT2D eigenvalue weighted by atomic mass is 10.0. The fourth-order valence-electron chi connectivity index (χ4n) is 1.02. The van der Waals surface area contributed by atoms with E-state index in [1.807, 2.05) is 0 Å². The first kappa shape index (κ1) is 7.91. The van der Waals surface area contributed by atoms with Crippen LogP contribution in [0.2, 0.25) is 0 Å². The lowest BCUT2D eigenvalue weighted by Gasteiger charge is -2.10. The monoisotopic (exact) mass is 150 g/mol. The number of rotatable bonds is 1. The minimum Gasteiger partial charge on any atom is -0.394 e. The van der Waals surface area contributed by atoms with Gasteiger partial charge in [0.15, 0.2) is 0 Å². The Morgan fingerprint density at radius 2 is 2.20 bits per heavy atom. The quantitative estimate of drug-likeness (QED) is 0.538. The Morgan fingerprint density at radius 1 is 1.60 bits per heavy atom. The van der Waals surface area contributed by atoms with E-state index < -0.39 is 24.5 Å². The van der Waals surface area contributed by atoms with Gasteiger partial charge in [-0.3, -0.25) is 0 Å². The Kier molecular flexibility index (Phi) is 2.23. The summed E-state index contributed by atoms with van der Waals surface area (Å²) in [5, 5.41) is 17.6. The molecule has 0 aromatic heterocycles. The molecule has 1 rings (SSSR count). The van der Waals surface area contributed by atoms with Crippen molar-refractivity contribution in [1.29, 1.82) is 0 Å². The second-order valence-electron chi connectivity index (χ2n) is 2.56. The first-order valence-electron chi connectivity index (χ1n) is 3.25. The number of aliphatic hydroxyl groups excluding tert-OH is 2. The lowest BCUT2D eigenvalue weighted by molar-refractivity contribution is -0.0698. The highest BCUT2D eigenvalue weighted by Crippen LogP contribution is 2.26. The van der Waals surface area contributed by atoms with Gasteiger partial charge in [-0.1, -0.05) is 6.92 Å². The van der Waals surface area contributed by atoms with Crippen molar-refractivity contribution in [2.24, 2.45) is 5.92 Å². The first-order chi connectivity index (χ1) is 4.66. The maximum absolute atomic E-state index is 12.5. The van der Waals surface area contributed by atoms with Gasteiger partial charge < -0.3 is 14.9 Å². The average molecular weight is 150 g/mol. The van der Waals surface area contributed by atoms with Crippen molar-refractivity contribution in [2.45, 2.75) is 25.5 Å². The standard InChI is InChI=1S/C6H11FO3/c1-3-5(9)4(2-8)10-6(3)7/h3-6,8-9H,2H2,1H3. The molecule has 10 heavy (non-hydrogen) atoms. The molecule has 1 aliphatic rings. The average Bonchev–Trinajstić information content (AvgIpc) is 2.17. The van der Waals surface area contributed by atoms with Crippen LogP contribution in [0.1, 0.15) is 6.92 Å². The molecule has 0 bridgehead atoms. The van der Waals surface area contributed by atoms with Gasteiger partial charge in [-0.25, -0.2) is 4.39 Å². The molecule has 4 heteroatoms. The van der Waals surface area contributed by atoms with Gasteiger partial charge >= 0.3 is 0 Å². The van der Waals surface area contributed by atoms with E-state index in [-0.39, 0.29) is 6.61 Å². The molecule has 3 nitrogen and oxygen atoms in total. The highest BCUT2D eigenvalue weighted by molar-refractivity contribution is 4.82. The second-order valence-corrected chi connectivity index (χ2v) is 2.56. The molecule has 0 spiro atoms. The summed E-state index contributed by atoms with van der Waals surface area (Å²) >= 11 is 0. The SMILES string of the molecule is CC1C(F)OC(CO)C1O. The van der Waals surface area contributed by atoms with Crippen molar-refractivity contribution in [3.8, 4) is 0 Å². The molecule has 0 aromatic rings. The van der Waals surface area contributed by atoms with Crippen molar-refractivity contribution in [1.82, 2.24) is 0 Å². The van der Waals surface area contributed by atoms with Crippen LogP contribution in [-0.4, -0.2) is 35.4 Å². The number of ether oxygens (including phenoxy) is 1. The molecule has 1 aliphatic heterocycles. The zero-order valence-corrected chi connectivity index (χ0v) is 5.70. The topological polar surface area (TPSA) is 49.7 Å². The van der Waals surface area contributed by atoms with Crippen molar-refractivity contribution in [3.63, 3.8) is 0 Å². The van der Waals surface area contributed by atoms with E-state index in [1.54, 1.807) is 6.92 Å². The van der Waals surface area contributed by atoms with Crippen LogP contribution in [0.15, 0.2) is 0 Å². The Morgan fingerprint density at radius 3 is 2.40 bits per heavy atom. The molecule has 4 atom stereocenters. The summed E-state index contributed by atoms with van der Waals surface area (Å²) in [6, 6.07) is 0. The third kappa shape index (κ3) is 1.14. The minimum absolute atomic E-state index is 0.327. The molecule has 1 saturated heterocycles. The van der Waals surface area contributed by atoms with E-state index in [0.29, 0.717) is 0 Å². The lowest BCUT2D eigenvalue weighted by Crippen LogP contribution is -2.27. The number of alkyl halides is 1. The van der Waals surface area contributed by atoms with E-state index in [9.17, 15) is 4.39 Å². The molecule has 0 aromatic carbocycles. The van der Waals surface area contributed by atoms with Crippen LogP contribution >= 0.6 is 0 Å². The Hall–Kier alpha value is -0.190. The van der Waals surface area contributed by atoms with Crippen LogP contribution in [0.5, 0.6) is 0 Å². The van der Waals surface area contributed by atoms with Crippen molar-refractivity contribution >= 4 is 0 Å². The smallest absolute Gasteiger partial charge is 0.204 e. The fraction of sp³-hybridized carbons (Fsp3) is 1.00. The largest absolute Gasteiger partial charge is 0.394 e. The maximum Gasteiger partial charge on any atom is 0.204 e. The third-order valence-corrected chi connectivity index (χ3v) is 1.82. The van der Waals surface area contributed by atoms with Gasteiger partial charge in [0.1, 0.15) is 6.10 Å². The highest BCUT2D eigenvalue weighted by Gasteiger charge is 2.40. The molecule has 60 valence electrons. The van der Waals surface area contributed by atoms with Crippen LogP contribution in [0.4, 0.5) is 4.39 Å². The zero-order chi connectivity index (χ0) is 7.72. The van der Waals surface area contributed by atoms with Gasteiger partial charge in [0, 0.05) is 5.92 Å². The molecule has 1 fully saturated rings. The van der Waals surface area contributed by atoms with Crippen LogP contribution in [0, 0.1) is 5.92 Å². The number of hydrogen-bond acceptors (Lipinski definition) is 3. The molecule has 0 radical (unpaired) electrons. The summed E-state index contributed by atoms with van der Waals surface area (Å²) in [7, 11) is 0. The highest BCUT2D eigenvalue weighted by atomic mass is 19.1. The molecule has 4 unspecified atom stereocenters. The van der Waals surface area contributed by atoms with Crippen molar-refractivity contribution in [3.05, 3.63) is 0 Å². The van der Waals surface area contributed by atoms with Crippen LogP contribution < -0.4 is 0 Å². The van der Waals surface area contributed by atoms with E-state index in [2.05, 4.69) is 4.74 Å². The molecule has 0 saturated carbocycles. The van der Waals surface area contributed by atoms with Crippen LogP contribution in [-0.2, 0) is 4.74 Å². The second kappa shape index (κ2) is 2.82. The van der Waals surface area contributed by atoms with Crippen LogP contribution in [0.3, 0.4) is 0 Å². The van der Waals surface area contributed by atoms with Crippen LogP contribution in [0.25, 0.3) is 0 Å². The molecule has 0 amide bonds. The van der Waals surface area contributed by atoms with E-state index in [4.69, 9.17) is 10.2 Å². The summed E-state index contributed by atoms with van der Waals surface area (Å²) in [5.74, 6) is -0.530.